The van der Waals surface area contributed by atoms with Gasteiger partial charge in [0.15, 0.2) is 0 Å². The number of aryl methyl sites for hydroxylation is 2. The van der Waals surface area contributed by atoms with Gasteiger partial charge in [0.05, 0.1) is 37.6 Å². The Bertz CT molecular complexity index is 1580. The number of esters is 1. The zero-order chi connectivity index (χ0) is 29.1. The van der Waals surface area contributed by atoms with E-state index in [1.165, 1.54) is 6.07 Å². The van der Waals surface area contributed by atoms with E-state index < -0.39 is 0 Å². The molecule has 0 fully saturated rings. The van der Waals surface area contributed by atoms with Crippen molar-refractivity contribution < 1.29 is 23.2 Å². The highest BCUT2D eigenvalue weighted by atomic mass is 19.1. The Morgan fingerprint density at radius 3 is 2.49 bits per heavy atom. The van der Waals surface area contributed by atoms with E-state index in [9.17, 15) is 9.18 Å². The predicted octanol–water partition coefficient (Wildman–Crippen LogP) is 6.88. The molecule has 41 heavy (non-hydrogen) atoms. The van der Waals surface area contributed by atoms with Crippen LogP contribution in [0.3, 0.4) is 0 Å². The highest BCUT2D eigenvalue weighted by Crippen LogP contribution is 2.34. The summed E-state index contributed by atoms with van der Waals surface area (Å²) in [6.07, 6.45) is 0.933. The van der Waals surface area contributed by atoms with E-state index in [2.05, 4.69) is 17.3 Å². The second-order valence-electron chi connectivity index (χ2n) is 10.3. The van der Waals surface area contributed by atoms with Crippen LogP contribution in [0.5, 0.6) is 5.75 Å². The molecule has 1 aliphatic rings. The first-order chi connectivity index (χ1) is 19.8. The van der Waals surface area contributed by atoms with Crippen molar-refractivity contribution in [3.05, 3.63) is 101 Å². The smallest absolute Gasteiger partial charge is 0.307 e. The molecule has 2 atom stereocenters. The molecule has 0 radical (unpaired) electrons. The molecule has 4 aromatic rings. The van der Waals surface area contributed by atoms with E-state index in [0.717, 1.165) is 40.1 Å². The SMILES string of the molecule is CCOC(=O)C[C@H]1[C@H](C)C(c2cc(C)on2)=NN1c1ccc(Cc2ccc(-c3cc(OC)ccc3F)cc2C)cc1. The molecule has 3 aromatic carbocycles. The first kappa shape index (κ1) is 28.1. The van der Waals surface area contributed by atoms with Crippen LogP contribution in [0.4, 0.5) is 10.1 Å². The Labute approximate surface area is 239 Å². The van der Waals surface area contributed by atoms with Crippen LogP contribution in [-0.4, -0.2) is 36.6 Å². The van der Waals surface area contributed by atoms with Crippen LogP contribution in [0.15, 0.2) is 76.4 Å². The number of methoxy groups -OCH3 is 1. The fourth-order valence-electron chi connectivity index (χ4n) is 5.25. The number of hydrazone groups is 1. The van der Waals surface area contributed by atoms with Crippen molar-refractivity contribution in [2.45, 2.75) is 46.6 Å². The molecule has 8 heteroatoms. The standard InChI is InChI=1S/C33H34FN3O4/c1-6-40-32(38)19-31-22(4)33(30-16-21(3)41-36-30)35-37(31)26-11-7-23(8-12-26)17-24-9-10-25(15-20(24)2)28-18-27(39-5)13-14-29(28)34/h7-16,18,22,31H,6,17,19H2,1-5H3/t22-,31-/m0/s1. The number of anilines is 1. The van der Waals surface area contributed by atoms with Gasteiger partial charge < -0.3 is 14.0 Å². The molecule has 1 aromatic heterocycles. The van der Waals surface area contributed by atoms with Crippen molar-refractivity contribution in [3.63, 3.8) is 0 Å². The molecule has 7 nitrogen and oxygen atoms in total. The molecular formula is C33H34FN3O4. The summed E-state index contributed by atoms with van der Waals surface area (Å²) >= 11 is 0. The van der Waals surface area contributed by atoms with Crippen LogP contribution in [0, 0.1) is 25.6 Å². The van der Waals surface area contributed by atoms with Gasteiger partial charge >= 0.3 is 5.97 Å². The van der Waals surface area contributed by atoms with Gasteiger partial charge in [0.2, 0.25) is 0 Å². The molecule has 0 N–H and O–H groups in total. The van der Waals surface area contributed by atoms with E-state index in [1.807, 2.05) is 62.2 Å². The maximum absolute atomic E-state index is 14.5. The number of carbonyl (C=O) groups is 1. The fraction of sp³-hybridized carbons (Fsp3) is 0.303. The molecular weight excluding hydrogens is 521 g/mol. The zero-order valence-corrected chi connectivity index (χ0v) is 24.0. The van der Waals surface area contributed by atoms with Gasteiger partial charge in [0.1, 0.15) is 23.0 Å². The maximum Gasteiger partial charge on any atom is 0.307 e. The van der Waals surface area contributed by atoms with Crippen LogP contribution in [0.2, 0.25) is 0 Å². The number of benzene rings is 3. The first-order valence-corrected chi connectivity index (χ1v) is 13.8. The van der Waals surface area contributed by atoms with Crippen molar-refractivity contribution in [3.8, 4) is 16.9 Å². The molecule has 2 heterocycles. The Kier molecular flexibility index (Phi) is 8.19. The quantitative estimate of drug-likeness (QED) is 0.210. The zero-order valence-electron chi connectivity index (χ0n) is 24.0. The van der Waals surface area contributed by atoms with Crippen LogP contribution in [0.1, 0.15) is 48.4 Å². The number of ether oxygens (including phenoxy) is 2. The molecule has 0 spiro atoms. The van der Waals surface area contributed by atoms with Crippen molar-refractivity contribution >= 4 is 17.4 Å². The van der Waals surface area contributed by atoms with Gasteiger partial charge in [-0.25, -0.2) is 4.39 Å². The number of halogens is 1. The van der Waals surface area contributed by atoms with Gasteiger partial charge in [0, 0.05) is 17.5 Å². The van der Waals surface area contributed by atoms with Gasteiger partial charge in [-0.15, -0.1) is 0 Å². The van der Waals surface area contributed by atoms with E-state index >= 15 is 0 Å². The molecule has 0 bridgehead atoms. The van der Waals surface area contributed by atoms with Crippen molar-refractivity contribution in [1.29, 1.82) is 0 Å². The summed E-state index contributed by atoms with van der Waals surface area (Å²) in [7, 11) is 1.57. The highest BCUT2D eigenvalue weighted by molar-refractivity contribution is 6.03. The third-order valence-corrected chi connectivity index (χ3v) is 7.53. The maximum atomic E-state index is 14.5. The topological polar surface area (TPSA) is 77.2 Å². The number of rotatable bonds is 9. The average molecular weight is 556 g/mol. The Morgan fingerprint density at radius 2 is 1.83 bits per heavy atom. The molecule has 0 unspecified atom stereocenters. The van der Waals surface area contributed by atoms with E-state index in [0.29, 0.717) is 29.4 Å². The minimum atomic E-state index is -0.282. The largest absolute Gasteiger partial charge is 0.497 e. The lowest BCUT2D eigenvalue weighted by atomic mass is 9.93. The monoisotopic (exact) mass is 555 g/mol. The molecule has 212 valence electrons. The summed E-state index contributed by atoms with van der Waals surface area (Å²) in [5, 5.41) is 10.9. The summed E-state index contributed by atoms with van der Waals surface area (Å²) in [4.78, 5) is 12.5. The van der Waals surface area contributed by atoms with E-state index in [4.69, 9.17) is 19.1 Å². The van der Waals surface area contributed by atoms with Gasteiger partial charge in [-0.2, -0.15) is 5.10 Å². The second kappa shape index (κ2) is 12.0. The fourth-order valence-corrected chi connectivity index (χ4v) is 5.25. The van der Waals surface area contributed by atoms with E-state index in [1.54, 1.807) is 26.2 Å². The molecule has 0 saturated heterocycles. The number of aromatic nitrogens is 1. The molecule has 0 saturated carbocycles. The van der Waals surface area contributed by atoms with Crippen LogP contribution in [0.25, 0.3) is 11.1 Å². The normalized spacial score (nSPS) is 16.5. The molecule has 0 amide bonds. The number of carbonyl (C=O) groups excluding carboxylic acids is 1. The summed E-state index contributed by atoms with van der Waals surface area (Å²) in [5.41, 5.74) is 7.02. The van der Waals surface area contributed by atoms with Crippen LogP contribution in [-0.2, 0) is 16.0 Å². The Morgan fingerprint density at radius 1 is 1.05 bits per heavy atom. The van der Waals surface area contributed by atoms with Gasteiger partial charge in [-0.3, -0.25) is 9.80 Å². The van der Waals surface area contributed by atoms with Crippen LogP contribution < -0.4 is 9.75 Å². The van der Waals surface area contributed by atoms with Gasteiger partial charge in [-0.05, 0) is 79.8 Å². The predicted molar refractivity (Wildman–Crippen MR) is 157 cm³/mol. The van der Waals surface area contributed by atoms with Gasteiger partial charge in [-0.1, -0.05) is 42.4 Å². The molecule has 0 aliphatic carbocycles. The average Bonchev–Trinajstić information content (AvgIpc) is 3.53. The van der Waals surface area contributed by atoms with Crippen LogP contribution >= 0.6 is 0 Å². The highest BCUT2D eigenvalue weighted by Gasteiger charge is 2.38. The Balaban J connectivity index is 1.37. The summed E-state index contributed by atoms with van der Waals surface area (Å²) < 4.78 is 30.3. The number of hydrogen-bond donors (Lipinski definition) is 0. The number of hydrogen-bond acceptors (Lipinski definition) is 7. The molecule has 1 aliphatic heterocycles. The van der Waals surface area contributed by atoms with Crippen molar-refractivity contribution in [2.75, 3.05) is 18.7 Å². The minimum absolute atomic E-state index is 0.0563. The summed E-state index contributed by atoms with van der Waals surface area (Å²) in [6, 6.07) is 20.6. The lowest BCUT2D eigenvalue weighted by Gasteiger charge is -2.26. The molecule has 5 rings (SSSR count). The minimum Gasteiger partial charge on any atom is -0.497 e. The van der Waals surface area contributed by atoms with E-state index in [-0.39, 0.29) is 30.2 Å². The first-order valence-electron chi connectivity index (χ1n) is 13.8. The number of nitrogens with zero attached hydrogens (tertiary/aromatic N) is 3. The van der Waals surface area contributed by atoms with Crippen molar-refractivity contribution in [1.82, 2.24) is 5.16 Å². The lowest BCUT2D eigenvalue weighted by Crippen LogP contribution is -2.35. The third kappa shape index (κ3) is 6.01. The summed E-state index contributed by atoms with van der Waals surface area (Å²) in [6.45, 7) is 8.07. The second-order valence-corrected chi connectivity index (χ2v) is 10.3. The third-order valence-electron chi connectivity index (χ3n) is 7.53. The van der Waals surface area contributed by atoms with Crippen molar-refractivity contribution in [2.24, 2.45) is 11.0 Å². The Hall–Kier alpha value is -4.46. The lowest BCUT2D eigenvalue weighted by molar-refractivity contribution is -0.143. The van der Waals surface area contributed by atoms with Gasteiger partial charge in [0.25, 0.3) is 0 Å². The summed E-state index contributed by atoms with van der Waals surface area (Å²) in [5.74, 6) is 0.727.